The monoisotopic (exact) mass is 489 g/mol. The van der Waals surface area contributed by atoms with Crippen LogP contribution in [0, 0.1) is 0 Å². The van der Waals surface area contributed by atoms with E-state index in [-0.39, 0.29) is 31.4 Å². The Morgan fingerprint density at radius 3 is 2.57 bits per heavy atom. The van der Waals surface area contributed by atoms with Crippen molar-refractivity contribution in [2.45, 2.75) is 62.7 Å². The zero-order chi connectivity index (χ0) is 25.4. The molecule has 0 aliphatic carbocycles. The van der Waals surface area contributed by atoms with Crippen molar-refractivity contribution in [1.82, 2.24) is 5.32 Å². The van der Waals surface area contributed by atoms with E-state index in [4.69, 9.17) is 14.2 Å². The molecular formula is C26H35NO8. The number of carbonyl (C=O) groups excluding carboxylic acids is 1. The molecule has 0 spiro atoms. The normalized spacial score (nSPS) is 23.9. The van der Waals surface area contributed by atoms with Gasteiger partial charge in [-0.1, -0.05) is 36.4 Å². The lowest BCUT2D eigenvalue weighted by Crippen LogP contribution is -2.54. The van der Waals surface area contributed by atoms with Crippen LogP contribution in [0.4, 0.5) is 0 Å². The Morgan fingerprint density at radius 1 is 1.14 bits per heavy atom. The lowest BCUT2D eigenvalue weighted by molar-refractivity contribution is -0.190. The van der Waals surface area contributed by atoms with Crippen LogP contribution in [-0.2, 0) is 20.7 Å². The van der Waals surface area contributed by atoms with Gasteiger partial charge in [-0.05, 0) is 49.4 Å². The maximum absolute atomic E-state index is 12.8. The fourth-order valence-corrected chi connectivity index (χ4v) is 4.25. The van der Waals surface area contributed by atoms with E-state index in [1.165, 1.54) is 7.11 Å². The average Bonchev–Trinajstić information content (AvgIpc) is 2.87. The van der Waals surface area contributed by atoms with Gasteiger partial charge in [-0.15, -0.1) is 0 Å². The summed E-state index contributed by atoms with van der Waals surface area (Å²) < 4.78 is 16.1. The van der Waals surface area contributed by atoms with E-state index in [1.807, 2.05) is 30.3 Å². The molecule has 2 aromatic rings. The Morgan fingerprint density at radius 2 is 1.89 bits per heavy atom. The number of phenolic OH excluding ortho intramolecular Hbond substituents is 1. The van der Waals surface area contributed by atoms with Gasteiger partial charge in [-0.2, -0.15) is 0 Å². The second-order valence-corrected chi connectivity index (χ2v) is 8.66. The number of aliphatic hydroxyl groups is 3. The maximum Gasteiger partial charge on any atom is 0.327 e. The van der Waals surface area contributed by atoms with E-state index in [1.54, 1.807) is 25.1 Å². The predicted octanol–water partition coefficient (Wildman–Crippen LogP) is 1.47. The van der Waals surface area contributed by atoms with E-state index in [2.05, 4.69) is 5.32 Å². The summed E-state index contributed by atoms with van der Waals surface area (Å²) in [6.07, 6.45) is -3.08. The third kappa shape index (κ3) is 7.16. The van der Waals surface area contributed by atoms with Gasteiger partial charge < -0.3 is 34.6 Å². The van der Waals surface area contributed by atoms with Gasteiger partial charge in [0.2, 0.25) is 0 Å². The van der Waals surface area contributed by atoms with Crippen molar-refractivity contribution in [1.29, 1.82) is 0 Å². The van der Waals surface area contributed by atoms with Crippen LogP contribution in [0.3, 0.4) is 0 Å². The number of aryl methyl sites for hydroxylation is 1. The van der Waals surface area contributed by atoms with Gasteiger partial charge in [0.1, 0.15) is 24.4 Å². The van der Waals surface area contributed by atoms with Crippen molar-refractivity contribution in [3.8, 4) is 11.5 Å². The maximum atomic E-state index is 12.8. The molecule has 1 saturated heterocycles. The van der Waals surface area contributed by atoms with Crippen molar-refractivity contribution >= 4 is 5.97 Å². The topological polar surface area (TPSA) is 138 Å². The lowest BCUT2D eigenvalue weighted by Gasteiger charge is -2.37. The predicted molar refractivity (Wildman–Crippen MR) is 128 cm³/mol. The molecule has 1 aliphatic heterocycles. The van der Waals surface area contributed by atoms with Crippen LogP contribution in [0.5, 0.6) is 11.5 Å². The highest BCUT2D eigenvalue weighted by molar-refractivity contribution is 5.77. The van der Waals surface area contributed by atoms with Crippen LogP contribution in [0.25, 0.3) is 0 Å². The van der Waals surface area contributed by atoms with Crippen molar-refractivity contribution in [2.24, 2.45) is 0 Å². The van der Waals surface area contributed by atoms with Crippen LogP contribution < -0.4 is 10.1 Å². The molecule has 0 saturated carbocycles. The van der Waals surface area contributed by atoms with Crippen LogP contribution in [0.15, 0.2) is 48.5 Å². The number of carbonyl (C=O) groups is 1. The van der Waals surface area contributed by atoms with Gasteiger partial charge in [0, 0.05) is 6.04 Å². The molecule has 0 radical (unpaired) electrons. The largest absolute Gasteiger partial charge is 0.504 e. The summed E-state index contributed by atoms with van der Waals surface area (Å²) >= 11 is 0. The van der Waals surface area contributed by atoms with E-state index < -0.39 is 36.4 Å². The molecule has 1 heterocycles. The molecule has 9 nitrogen and oxygen atoms in total. The summed E-state index contributed by atoms with van der Waals surface area (Å²) in [6, 6.07) is 13.2. The van der Waals surface area contributed by atoms with Crippen LogP contribution in [0.1, 0.15) is 36.9 Å². The number of phenols is 1. The minimum Gasteiger partial charge on any atom is -0.504 e. The third-order valence-electron chi connectivity index (χ3n) is 6.21. The van der Waals surface area contributed by atoms with E-state index in [0.717, 1.165) is 11.1 Å². The van der Waals surface area contributed by atoms with Crippen LogP contribution >= 0.6 is 0 Å². The van der Waals surface area contributed by atoms with E-state index in [9.17, 15) is 25.2 Å². The quantitative estimate of drug-likeness (QED) is 0.297. The molecule has 192 valence electrons. The number of rotatable bonds is 11. The standard InChI is InChI=1S/C26H35NO8/c1-3-34-26(32)23(17-7-5-4-6-8-17)27-18(14-22-25(31)24(30)20(29)15-35-22)11-9-16-10-12-19(28)21(13-16)33-2/h4-8,10,12-13,18,20,22-25,27-31H,3,9,11,14-15H2,1-2H3/t18?,20-,22?,23?,24+,25+/m1/s1. The fraction of sp³-hybridized carbons (Fsp3) is 0.500. The molecule has 1 aliphatic rings. The summed E-state index contributed by atoms with van der Waals surface area (Å²) in [5.74, 6) is -0.0111. The van der Waals surface area contributed by atoms with Gasteiger partial charge in [0.15, 0.2) is 11.5 Å². The summed E-state index contributed by atoms with van der Waals surface area (Å²) in [6.45, 7) is 1.88. The first-order valence-corrected chi connectivity index (χ1v) is 11.8. The highest BCUT2D eigenvalue weighted by Gasteiger charge is 2.39. The number of esters is 1. The molecule has 1 fully saturated rings. The molecule has 2 aromatic carbocycles. The Kier molecular flexibility index (Phi) is 9.88. The molecule has 0 aromatic heterocycles. The third-order valence-corrected chi connectivity index (χ3v) is 6.21. The fourth-order valence-electron chi connectivity index (χ4n) is 4.25. The molecule has 9 heteroatoms. The number of hydrogen-bond acceptors (Lipinski definition) is 9. The highest BCUT2D eigenvalue weighted by atomic mass is 16.5. The second-order valence-electron chi connectivity index (χ2n) is 8.66. The molecular weight excluding hydrogens is 454 g/mol. The van der Waals surface area contributed by atoms with Gasteiger partial charge in [-0.25, -0.2) is 4.79 Å². The van der Waals surface area contributed by atoms with Crippen LogP contribution in [-0.4, -0.2) is 77.2 Å². The van der Waals surface area contributed by atoms with E-state index >= 15 is 0 Å². The van der Waals surface area contributed by atoms with Crippen molar-refractivity contribution in [3.05, 3.63) is 59.7 Å². The summed E-state index contributed by atoms with van der Waals surface area (Å²) in [5.41, 5.74) is 1.65. The van der Waals surface area contributed by atoms with Crippen LogP contribution in [0.2, 0.25) is 0 Å². The molecule has 0 amide bonds. The van der Waals surface area contributed by atoms with Gasteiger partial charge in [0.25, 0.3) is 0 Å². The average molecular weight is 490 g/mol. The van der Waals surface area contributed by atoms with Crippen molar-refractivity contribution < 1.29 is 39.4 Å². The number of aromatic hydroxyl groups is 1. The van der Waals surface area contributed by atoms with Gasteiger partial charge >= 0.3 is 5.97 Å². The molecule has 35 heavy (non-hydrogen) atoms. The molecule has 6 atom stereocenters. The Bertz CT molecular complexity index is 940. The second kappa shape index (κ2) is 12.9. The van der Waals surface area contributed by atoms with E-state index in [0.29, 0.717) is 18.6 Å². The SMILES string of the molecule is CCOC(=O)C(NC(CCc1ccc(O)c(OC)c1)CC1OC[C@@H](O)[C@H](O)[C@H]1O)c1ccccc1. The Hall–Kier alpha value is -2.69. The smallest absolute Gasteiger partial charge is 0.327 e. The zero-order valence-corrected chi connectivity index (χ0v) is 20.0. The molecule has 5 N–H and O–H groups in total. The first-order chi connectivity index (χ1) is 16.8. The number of benzene rings is 2. The van der Waals surface area contributed by atoms with Gasteiger partial charge in [0.05, 0.1) is 26.4 Å². The van der Waals surface area contributed by atoms with Crippen molar-refractivity contribution in [3.63, 3.8) is 0 Å². The summed E-state index contributed by atoms with van der Waals surface area (Å²) in [4.78, 5) is 12.8. The van der Waals surface area contributed by atoms with Crippen molar-refractivity contribution in [2.75, 3.05) is 20.3 Å². The number of methoxy groups -OCH3 is 1. The minimum absolute atomic E-state index is 0.0450. The number of ether oxygens (including phenoxy) is 3. The summed E-state index contributed by atoms with van der Waals surface area (Å²) in [7, 11) is 1.48. The Balaban J connectivity index is 1.82. The lowest BCUT2D eigenvalue weighted by atomic mass is 9.92. The van der Waals surface area contributed by atoms with Gasteiger partial charge in [-0.3, -0.25) is 5.32 Å². The minimum atomic E-state index is -1.31. The highest BCUT2D eigenvalue weighted by Crippen LogP contribution is 2.28. The molecule has 0 bridgehead atoms. The number of nitrogens with one attached hydrogen (secondary N) is 1. The first-order valence-electron chi connectivity index (χ1n) is 11.8. The molecule has 3 unspecified atom stereocenters. The zero-order valence-electron chi connectivity index (χ0n) is 20.0. The molecule has 3 rings (SSSR count). The number of aliphatic hydroxyl groups excluding tert-OH is 3. The summed E-state index contributed by atoms with van der Waals surface area (Å²) in [5, 5.41) is 43.7. The number of hydrogen-bond donors (Lipinski definition) is 5. The Labute approximate surface area is 205 Å². The first kappa shape index (κ1) is 26.9.